The van der Waals surface area contributed by atoms with Crippen LogP contribution in [0.25, 0.3) is 0 Å². The highest BCUT2D eigenvalue weighted by atomic mass is 31.2. The number of phosphoric ester groups is 1. The Balaban J connectivity index is 4.55. The maximum Gasteiger partial charge on any atom is 0.472 e. The molecule has 12 heteroatoms. The molecule has 0 rings (SSSR count). The molecule has 0 aromatic rings. The predicted octanol–water partition coefficient (Wildman–Crippen LogP) is 10.2. The lowest BCUT2D eigenvalue weighted by Gasteiger charge is -2.20. The van der Waals surface area contributed by atoms with E-state index in [9.17, 15) is 29.3 Å². The Morgan fingerprint density at radius 2 is 1.02 bits per heavy atom. The number of hydrogen-bond donors (Lipinski definition) is 4. The Hall–Kier alpha value is -3.15. The summed E-state index contributed by atoms with van der Waals surface area (Å²) in [6.45, 7) is 2.03. The van der Waals surface area contributed by atoms with E-state index in [0.717, 1.165) is 64.2 Å². The van der Waals surface area contributed by atoms with Gasteiger partial charge in [0.2, 0.25) is 0 Å². The van der Waals surface area contributed by atoms with Gasteiger partial charge >= 0.3 is 19.8 Å². The summed E-state index contributed by atoms with van der Waals surface area (Å²) in [4.78, 5) is 34.9. The summed E-state index contributed by atoms with van der Waals surface area (Å²) < 4.78 is 32.5. The SMILES string of the molecule is CCCCC/C=C\C/C=C\C/C=C\C/C=C\CCCC(=O)OC[C@H](COP(=O)(O)OC[C@@H](O)CO)OC(=O)CCC/C=C\C/C=C\C/C=C\C/C=C\[C@H](O)CCCC. The standard InChI is InChI=1S/C46H75O11P/c1-3-5-7-8-9-10-11-12-13-14-15-16-20-23-26-29-32-36-45(50)54-40-44(41-56-58(52,53)55-39-43(49)38-47)57-46(51)37-33-30-27-24-21-18-17-19-22-25-28-31-35-42(48)34-6-4-2/h9-10,12-13,15-18,22-27,31,35,42-44,47-49H,3-8,11,14,19-21,28-30,32-34,36-41H2,1-2H3,(H,52,53)/b10-9-,13-12-,16-15-,18-17-,25-22-,26-23-,27-24-,35-31-/t42-,43+,44-/m1/s1. The summed E-state index contributed by atoms with van der Waals surface area (Å²) >= 11 is 0. The first-order valence-electron chi connectivity index (χ1n) is 21.3. The zero-order valence-electron chi connectivity index (χ0n) is 35.3. The molecular weight excluding hydrogens is 759 g/mol. The second-order valence-corrected chi connectivity index (χ2v) is 15.3. The van der Waals surface area contributed by atoms with Crippen molar-refractivity contribution in [3.63, 3.8) is 0 Å². The molecule has 0 saturated heterocycles. The van der Waals surface area contributed by atoms with Gasteiger partial charge in [-0.15, -0.1) is 0 Å². The molecule has 1 unspecified atom stereocenters. The molecule has 0 spiro atoms. The van der Waals surface area contributed by atoms with Crippen molar-refractivity contribution >= 4 is 19.8 Å². The second kappa shape index (κ2) is 40.6. The minimum absolute atomic E-state index is 0.0740. The number of aliphatic hydroxyl groups is 3. The zero-order chi connectivity index (χ0) is 42.8. The van der Waals surface area contributed by atoms with Gasteiger partial charge < -0.3 is 29.7 Å². The minimum Gasteiger partial charge on any atom is -0.462 e. The van der Waals surface area contributed by atoms with Crippen LogP contribution < -0.4 is 0 Å². The fraction of sp³-hybridized carbons (Fsp3) is 0.609. The molecule has 330 valence electrons. The highest BCUT2D eigenvalue weighted by Gasteiger charge is 2.27. The maximum atomic E-state index is 12.6. The quantitative estimate of drug-likeness (QED) is 0.0202. The van der Waals surface area contributed by atoms with Crippen LogP contribution in [0.2, 0.25) is 0 Å². The van der Waals surface area contributed by atoms with Gasteiger partial charge in [0.05, 0.1) is 25.9 Å². The Kier molecular flexibility index (Phi) is 38.4. The third-order valence-electron chi connectivity index (χ3n) is 8.28. The van der Waals surface area contributed by atoms with Crippen LogP contribution in [0.3, 0.4) is 0 Å². The molecule has 0 aliphatic carbocycles. The normalized spacial score (nSPS) is 15.3. The van der Waals surface area contributed by atoms with Crippen molar-refractivity contribution in [3.05, 3.63) is 97.2 Å². The Morgan fingerprint density at radius 1 is 0.569 bits per heavy atom. The fourth-order valence-electron chi connectivity index (χ4n) is 4.94. The third kappa shape index (κ3) is 39.7. The van der Waals surface area contributed by atoms with E-state index in [0.29, 0.717) is 25.7 Å². The molecule has 11 nitrogen and oxygen atoms in total. The van der Waals surface area contributed by atoms with Crippen LogP contribution in [-0.4, -0.2) is 76.9 Å². The molecule has 0 fully saturated rings. The van der Waals surface area contributed by atoms with Crippen molar-refractivity contribution in [2.45, 2.75) is 154 Å². The number of phosphoric acid groups is 1. The molecule has 4 atom stereocenters. The van der Waals surface area contributed by atoms with Gasteiger partial charge in [-0.2, -0.15) is 0 Å². The van der Waals surface area contributed by atoms with Crippen LogP contribution in [0.15, 0.2) is 97.2 Å². The molecule has 0 amide bonds. The number of hydrogen-bond acceptors (Lipinski definition) is 10. The number of esters is 2. The maximum absolute atomic E-state index is 12.6. The van der Waals surface area contributed by atoms with E-state index in [2.05, 4.69) is 79.1 Å². The molecule has 0 aliphatic heterocycles. The number of carbonyl (C=O) groups is 2. The van der Waals surface area contributed by atoms with Gasteiger partial charge in [-0.25, -0.2) is 4.57 Å². The Morgan fingerprint density at radius 3 is 1.52 bits per heavy atom. The lowest BCUT2D eigenvalue weighted by atomic mass is 10.1. The van der Waals surface area contributed by atoms with Crippen LogP contribution in [0.1, 0.15) is 136 Å². The van der Waals surface area contributed by atoms with E-state index >= 15 is 0 Å². The van der Waals surface area contributed by atoms with Crippen LogP contribution in [0.4, 0.5) is 0 Å². The lowest BCUT2D eigenvalue weighted by Crippen LogP contribution is -2.29. The lowest BCUT2D eigenvalue weighted by molar-refractivity contribution is -0.161. The van der Waals surface area contributed by atoms with Crippen molar-refractivity contribution in [2.24, 2.45) is 0 Å². The first-order chi connectivity index (χ1) is 28.1. The van der Waals surface area contributed by atoms with Gasteiger partial charge in [-0.1, -0.05) is 137 Å². The molecule has 0 radical (unpaired) electrons. The van der Waals surface area contributed by atoms with Crippen molar-refractivity contribution < 1.29 is 52.9 Å². The highest BCUT2D eigenvalue weighted by molar-refractivity contribution is 7.47. The predicted molar refractivity (Wildman–Crippen MR) is 234 cm³/mol. The number of unbranched alkanes of at least 4 members (excludes halogenated alkanes) is 6. The molecule has 0 bridgehead atoms. The average Bonchev–Trinajstić information content (AvgIpc) is 3.21. The van der Waals surface area contributed by atoms with E-state index in [1.165, 1.54) is 19.3 Å². The average molecular weight is 835 g/mol. The molecular formula is C46H75O11P. The molecule has 4 N–H and O–H groups in total. The van der Waals surface area contributed by atoms with Crippen LogP contribution in [0, 0.1) is 0 Å². The first-order valence-corrected chi connectivity index (χ1v) is 22.8. The number of aliphatic hydroxyl groups excluding tert-OH is 3. The van der Waals surface area contributed by atoms with Crippen molar-refractivity contribution in [1.29, 1.82) is 0 Å². The van der Waals surface area contributed by atoms with Crippen molar-refractivity contribution in [2.75, 3.05) is 26.4 Å². The highest BCUT2D eigenvalue weighted by Crippen LogP contribution is 2.43. The molecule has 58 heavy (non-hydrogen) atoms. The van der Waals surface area contributed by atoms with Crippen LogP contribution >= 0.6 is 7.82 Å². The number of ether oxygens (including phenoxy) is 2. The smallest absolute Gasteiger partial charge is 0.462 e. The summed E-state index contributed by atoms with van der Waals surface area (Å²) in [5, 5.41) is 28.1. The first kappa shape index (κ1) is 54.9. The minimum atomic E-state index is -4.66. The topological polar surface area (TPSA) is 169 Å². The van der Waals surface area contributed by atoms with Crippen LogP contribution in [0.5, 0.6) is 0 Å². The van der Waals surface area contributed by atoms with Crippen molar-refractivity contribution in [1.82, 2.24) is 0 Å². The summed E-state index contributed by atoms with van der Waals surface area (Å²) in [6.07, 6.45) is 45.8. The van der Waals surface area contributed by atoms with Gasteiger partial charge in [0.1, 0.15) is 12.7 Å². The van der Waals surface area contributed by atoms with Gasteiger partial charge in [-0.05, 0) is 83.5 Å². The van der Waals surface area contributed by atoms with Crippen LogP contribution in [-0.2, 0) is 32.7 Å². The summed E-state index contributed by atoms with van der Waals surface area (Å²) in [5.74, 6) is -1.09. The number of allylic oxidation sites excluding steroid dienone is 15. The fourth-order valence-corrected chi connectivity index (χ4v) is 5.73. The van der Waals surface area contributed by atoms with E-state index in [1.54, 1.807) is 0 Å². The van der Waals surface area contributed by atoms with Gasteiger partial charge in [-0.3, -0.25) is 18.6 Å². The molecule has 0 aromatic heterocycles. The third-order valence-corrected chi connectivity index (χ3v) is 9.23. The van der Waals surface area contributed by atoms with E-state index in [-0.39, 0.29) is 25.6 Å². The second-order valence-electron chi connectivity index (χ2n) is 13.8. The summed E-state index contributed by atoms with van der Waals surface area (Å²) in [5.41, 5.74) is 0. The molecule has 0 aromatic carbocycles. The largest absolute Gasteiger partial charge is 0.472 e. The van der Waals surface area contributed by atoms with Crippen molar-refractivity contribution in [3.8, 4) is 0 Å². The van der Waals surface area contributed by atoms with E-state index in [4.69, 9.17) is 19.1 Å². The molecule has 0 heterocycles. The Labute approximate surface area is 349 Å². The van der Waals surface area contributed by atoms with Gasteiger partial charge in [0.15, 0.2) is 6.10 Å². The molecule has 0 aliphatic rings. The summed E-state index contributed by atoms with van der Waals surface area (Å²) in [7, 11) is -4.66. The number of rotatable bonds is 38. The van der Waals surface area contributed by atoms with Gasteiger partial charge in [0, 0.05) is 12.8 Å². The molecule has 0 saturated carbocycles. The van der Waals surface area contributed by atoms with Gasteiger partial charge in [0.25, 0.3) is 0 Å². The monoisotopic (exact) mass is 835 g/mol. The summed E-state index contributed by atoms with van der Waals surface area (Å²) in [6, 6.07) is 0. The number of carbonyl (C=O) groups excluding carboxylic acids is 2. The van der Waals surface area contributed by atoms with E-state index < -0.39 is 51.8 Å². The zero-order valence-corrected chi connectivity index (χ0v) is 36.2. The van der Waals surface area contributed by atoms with E-state index in [1.807, 2.05) is 36.5 Å². The Bertz CT molecular complexity index is 1300.